The van der Waals surface area contributed by atoms with Crippen molar-refractivity contribution in [2.24, 2.45) is 11.7 Å². The van der Waals surface area contributed by atoms with E-state index in [0.29, 0.717) is 6.42 Å². The van der Waals surface area contributed by atoms with Crippen molar-refractivity contribution in [3.8, 4) is 0 Å². The van der Waals surface area contributed by atoms with Crippen molar-refractivity contribution in [2.75, 3.05) is 18.5 Å². The molecular formula is C22H24F2N4O3. The number of halogens is 2. The van der Waals surface area contributed by atoms with Crippen molar-refractivity contribution in [2.45, 2.75) is 19.9 Å². The average molecular weight is 430 g/mol. The van der Waals surface area contributed by atoms with Crippen LogP contribution in [-0.4, -0.2) is 23.6 Å². The summed E-state index contributed by atoms with van der Waals surface area (Å²) >= 11 is 0. The SMILES string of the molecule is CC1C=C(F)C(Nc2c(C(=O)NOCCN)cn(Cc3ccccc3)c(=O)c2F)=CC1. The quantitative estimate of drug-likeness (QED) is 0.442. The van der Waals surface area contributed by atoms with Crippen molar-refractivity contribution in [1.82, 2.24) is 10.0 Å². The van der Waals surface area contributed by atoms with Gasteiger partial charge in [0, 0.05) is 12.7 Å². The maximum Gasteiger partial charge on any atom is 0.289 e. The van der Waals surface area contributed by atoms with Gasteiger partial charge in [0.25, 0.3) is 11.5 Å². The highest BCUT2D eigenvalue weighted by Crippen LogP contribution is 2.27. The zero-order chi connectivity index (χ0) is 22.4. The van der Waals surface area contributed by atoms with Crippen molar-refractivity contribution >= 4 is 11.6 Å². The van der Waals surface area contributed by atoms with Crippen LogP contribution in [0.2, 0.25) is 0 Å². The molecule has 1 unspecified atom stereocenters. The number of nitrogens with two attached hydrogens (primary N) is 1. The van der Waals surface area contributed by atoms with Gasteiger partial charge in [0.15, 0.2) is 0 Å². The molecule has 0 bridgehead atoms. The number of aromatic nitrogens is 1. The summed E-state index contributed by atoms with van der Waals surface area (Å²) in [5.41, 5.74) is 6.66. The summed E-state index contributed by atoms with van der Waals surface area (Å²) in [6.45, 7) is 2.09. The topological polar surface area (TPSA) is 98.4 Å². The lowest BCUT2D eigenvalue weighted by Gasteiger charge is -2.19. The van der Waals surface area contributed by atoms with Crippen LogP contribution in [0.4, 0.5) is 14.5 Å². The molecule has 164 valence electrons. The number of hydrogen-bond acceptors (Lipinski definition) is 5. The molecule has 4 N–H and O–H groups in total. The molecule has 1 aliphatic carbocycles. The average Bonchev–Trinajstić information content (AvgIpc) is 2.75. The molecule has 2 aromatic rings. The molecule has 0 spiro atoms. The van der Waals surface area contributed by atoms with Crippen LogP contribution in [0, 0.1) is 11.7 Å². The van der Waals surface area contributed by atoms with Crippen molar-refractivity contribution in [3.05, 3.63) is 87.5 Å². The van der Waals surface area contributed by atoms with E-state index in [2.05, 4.69) is 10.8 Å². The highest BCUT2D eigenvalue weighted by Gasteiger charge is 2.24. The van der Waals surface area contributed by atoms with Gasteiger partial charge in [0.05, 0.1) is 30.1 Å². The summed E-state index contributed by atoms with van der Waals surface area (Å²) in [4.78, 5) is 30.2. The molecule has 1 aromatic carbocycles. The van der Waals surface area contributed by atoms with E-state index < -0.39 is 28.8 Å². The largest absolute Gasteiger partial charge is 0.350 e. The van der Waals surface area contributed by atoms with E-state index in [1.165, 1.54) is 12.3 Å². The number of allylic oxidation sites excluding steroid dienone is 3. The maximum absolute atomic E-state index is 15.1. The first-order chi connectivity index (χ1) is 14.9. The summed E-state index contributed by atoms with van der Waals surface area (Å²) in [6.07, 6.45) is 4.70. The number of rotatable bonds is 8. The van der Waals surface area contributed by atoms with Crippen LogP contribution in [0.1, 0.15) is 29.3 Å². The van der Waals surface area contributed by atoms with E-state index >= 15 is 4.39 Å². The number of anilines is 1. The minimum Gasteiger partial charge on any atom is -0.350 e. The normalized spacial score (nSPS) is 15.8. The van der Waals surface area contributed by atoms with Crippen LogP contribution in [0.5, 0.6) is 0 Å². The number of benzene rings is 1. The van der Waals surface area contributed by atoms with E-state index in [-0.39, 0.29) is 36.9 Å². The lowest BCUT2D eigenvalue weighted by Crippen LogP contribution is -2.32. The first kappa shape index (κ1) is 22.4. The van der Waals surface area contributed by atoms with Crippen LogP contribution in [0.3, 0.4) is 0 Å². The van der Waals surface area contributed by atoms with Gasteiger partial charge in [-0.3, -0.25) is 14.4 Å². The van der Waals surface area contributed by atoms with Gasteiger partial charge in [-0.15, -0.1) is 0 Å². The maximum atomic E-state index is 15.1. The smallest absolute Gasteiger partial charge is 0.289 e. The molecule has 31 heavy (non-hydrogen) atoms. The van der Waals surface area contributed by atoms with Gasteiger partial charge in [0.1, 0.15) is 5.83 Å². The summed E-state index contributed by atoms with van der Waals surface area (Å²) < 4.78 is 30.6. The lowest BCUT2D eigenvalue weighted by molar-refractivity contribution is 0.0343. The summed E-state index contributed by atoms with van der Waals surface area (Å²) in [7, 11) is 0. The third-order valence-electron chi connectivity index (χ3n) is 4.69. The Morgan fingerprint density at radius 2 is 2.03 bits per heavy atom. The molecule has 0 saturated heterocycles. The second-order valence-corrected chi connectivity index (χ2v) is 7.19. The molecule has 1 amide bonds. The molecule has 1 aliphatic rings. The third-order valence-corrected chi connectivity index (χ3v) is 4.69. The van der Waals surface area contributed by atoms with Crippen molar-refractivity contribution < 1.29 is 18.4 Å². The molecule has 0 radical (unpaired) electrons. The van der Waals surface area contributed by atoms with Gasteiger partial charge in [-0.05, 0) is 24.0 Å². The number of pyridine rings is 1. The molecule has 3 rings (SSSR count). The van der Waals surface area contributed by atoms with Gasteiger partial charge in [-0.2, -0.15) is 4.39 Å². The second-order valence-electron chi connectivity index (χ2n) is 7.19. The van der Waals surface area contributed by atoms with E-state index in [9.17, 15) is 14.0 Å². The van der Waals surface area contributed by atoms with E-state index in [0.717, 1.165) is 10.1 Å². The number of hydrogen-bond donors (Lipinski definition) is 3. The van der Waals surface area contributed by atoms with Crippen molar-refractivity contribution in [1.29, 1.82) is 0 Å². The van der Waals surface area contributed by atoms with Gasteiger partial charge in [0.2, 0.25) is 5.82 Å². The standard InChI is InChI=1S/C22H24F2N4O3/c1-14-7-8-18(17(23)11-14)26-20-16(21(29)27-31-10-9-25)13-28(22(30)19(20)24)12-15-5-3-2-4-6-15/h2-6,8,11,13-14,26H,7,9-10,12,25H2,1H3,(H,27,29). The fraction of sp³-hybridized carbons (Fsp3) is 0.273. The molecular weight excluding hydrogens is 406 g/mol. The zero-order valence-electron chi connectivity index (χ0n) is 17.0. The Kier molecular flexibility index (Phi) is 7.32. The summed E-state index contributed by atoms with van der Waals surface area (Å²) in [5, 5.41) is 2.58. The minimum atomic E-state index is -1.20. The van der Waals surface area contributed by atoms with Crippen molar-refractivity contribution in [3.63, 3.8) is 0 Å². The minimum absolute atomic E-state index is 0.00543. The fourth-order valence-electron chi connectivity index (χ4n) is 3.11. The van der Waals surface area contributed by atoms with Crippen LogP contribution in [0.25, 0.3) is 0 Å². The predicted molar refractivity (Wildman–Crippen MR) is 113 cm³/mol. The fourth-order valence-corrected chi connectivity index (χ4v) is 3.11. The molecule has 0 fully saturated rings. The highest BCUT2D eigenvalue weighted by atomic mass is 19.1. The number of nitrogens with one attached hydrogen (secondary N) is 2. The Bertz CT molecular complexity index is 1060. The van der Waals surface area contributed by atoms with Crippen LogP contribution < -0.4 is 22.1 Å². The summed E-state index contributed by atoms with van der Waals surface area (Å²) in [5.74, 6) is -2.60. The van der Waals surface area contributed by atoms with E-state index in [4.69, 9.17) is 10.6 Å². The van der Waals surface area contributed by atoms with Gasteiger partial charge in [-0.1, -0.05) is 43.3 Å². The zero-order valence-corrected chi connectivity index (χ0v) is 17.0. The first-order valence-electron chi connectivity index (χ1n) is 9.84. The number of amides is 1. The number of hydroxylamine groups is 1. The van der Waals surface area contributed by atoms with E-state index in [1.807, 2.05) is 13.0 Å². The first-order valence-corrected chi connectivity index (χ1v) is 9.84. The third kappa shape index (κ3) is 5.44. The van der Waals surface area contributed by atoms with Crippen LogP contribution >= 0.6 is 0 Å². The molecule has 7 nitrogen and oxygen atoms in total. The van der Waals surface area contributed by atoms with Crippen LogP contribution in [0.15, 0.2) is 65.0 Å². The summed E-state index contributed by atoms with van der Waals surface area (Å²) in [6, 6.07) is 8.93. The Morgan fingerprint density at radius 3 is 2.71 bits per heavy atom. The molecule has 1 atom stereocenters. The van der Waals surface area contributed by atoms with Crippen LogP contribution in [-0.2, 0) is 11.4 Å². The molecule has 9 heteroatoms. The Morgan fingerprint density at radius 1 is 1.29 bits per heavy atom. The molecule has 0 saturated carbocycles. The Balaban J connectivity index is 2.01. The Labute approximate surface area is 178 Å². The van der Waals surface area contributed by atoms with Gasteiger partial charge >= 0.3 is 0 Å². The molecule has 1 aromatic heterocycles. The number of carbonyl (C=O) groups is 1. The predicted octanol–water partition coefficient (Wildman–Crippen LogP) is 2.84. The second kappa shape index (κ2) is 10.1. The Hall–Kier alpha value is -3.30. The van der Waals surface area contributed by atoms with Gasteiger partial charge in [-0.25, -0.2) is 9.87 Å². The van der Waals surface area contributed by atoms with E-state index in [1.54, 1.807) is 30.3 Å². The van der Waals surface area contributed by atoms with Gasteiger partial charge < -0.3 is 15.6 Å². The highest BCUT2D eigenvalue weighted by molar-refractivity contribution is 5.99. The molecule has 1 heterocycles. The lowest BCUT2D eigenvalue weighted by atomic mass is 10.0. The molecule has 0 aliphatic heterocycles. The number of nitrogens with zero attached hydrogens (tertiary/aromatic N) is 1. The monoisotopic (exact) mass is 430 g/mol. The number of carbonyl (C=O) groups excluding carboxylic acids is 1.